The fraction of sp³-hybridized carbons (Fsp3) is 0.0714. The Morgan fingerprint density at radius 3 is 2.37 bits per heavy atom. The number of nitriles is 1. The maximum absolute atomic E-state index is 12.7. The third-order valence-corrected chi connectivity index (χ3v) is 2.66. The molecular weight excluding hydrogens is 253 g/mol. The molecule has 0 saturated carbocycles. The van der Waals surface area contributed by atoms with E-state index in [1.54, 1.807) is 18.2 Å². The number of anilines is 1. The number of nitrogens with zero attached hydrogens (tertiary/aromatic N) is 1. The van der Waals surface area contributed by atoms with E-state index >= 15 is 0 Å². The van der Waals surface area contributed by atoms with E-state index in [4.69, 9.17) is 11.0 Å². The van der Waals surface area contributed by atoms with E-state index in [2.05, 4.69) is 0 Å². The van der Waals surface area contributed by atoms with Gasteiger partial charge in [0.1, 0.15) is 0 Å². The highest BCUT2D eigenvalue weighted by Gasteiger charge is 2.31. The summed E-state index contributed by atoms with van der Waals surface area (Å²) < 4.78 is 38.1. The number of hydrogen-bond acceptors (Lipinski definition) is 2. The molecule has 0 aliphatic heterocycles. The average molecular weight is 262 g/mol. The van der Waals surface area contributed by atoms with E-state index in [-0.39, 0.29) is 11.1 Å². The molecule has 2 aromatic carbocycles. The first-order chi connectivity index (χ1) is 8.91. The number of nitrogen functional groups attached to an aromatic ring is 1. The maximum Gasteiger partial charge on any atom is 0.416 e. The zero-order valence-corrected chi connectivity index (χ0v) is 9.70. The summed E-state index contributed by atoms with van der Waals surface area (Å²) in [5, 5.41) is 8.98. The van der Waals surface area contributed by atoms with Crippen LogP contribution in [0.3, 0.4) is 0 Å². The highest BCUT2D eigenvalue weighted by atomic mass is 19.4. The van der Waals surface area contributed by atoms with E-state index in [1.807, 2.05) is 6.07 Å². The Bertz CT molecular complexity index is 654. The van der Waals surface area contributed by atoms with Crippen LogP contribution >= 0.6 is 0 Å². The van der Waals surface area contributed by atoms with Crippen LogP contribution in [0.1, 0.15) is 11.1 Å². The quantitative estimate of drug-likeness (QED) is 0.794. The molecule has 0 atom stereocenters. The average Bonchev–Trinajstić information content (AvgIpc) is 2.37. The van der Waals surface area contributed by atoms with Crippen LogP contribution in [0.15, 0.2) is 42.5 Å². The number of alkyl halides is 3. The molecule has 0 fully saturated rings. The van der Waals surface area contributed by atoms with Crippen LogP contribution < -0.4 is 5.73 Å². The van der Waals surface area contributed by atoms with Gasteiger partial charge in [0.25, 0.3) is 0 Å². The first-order valence-corrected chi connectivity index (χ1v) is 5.39. The molecule has 2 rings (SSSR count). The van der Waals surface area contributed by atoms with Gasteiger partial charge in [-0.15, -0.1) is 0 Å². The summed E-state index contributed by atoms with van der Waals surface area (Å²) in [5.41, 5.74) is 6.14. The van der Waals surface area contributed by atoms with Gasteiger partial charge >= 0.3 is 6.18 Å². The highest BCUT2D eigenvalue weighted by Crippen LogP contribution is 2.34. The molecule has 0 aromatic heterocycles. The molecule has 96 valence electrons. The van der Waals surface area contributed by atoms with E-state index in [0.29, 0.717) is 11.3 Å². The molecule has 2 N–H and O–H groups in total. The lowest BCUT2D eigenvalue weighted by Gasteiger charge is -2.11. The fourth-order valence-electron chi connectivity index (χ4n) is 1.76. The van der Waals surface area contributed by atoms with Crippen LogP contribution in [0.2, 0.25) is 0 Å². The first kappa shape index (κ1) is 13.0. The van der Waals surface area contributed by atoms with Crippen molar-refractivity contribution < 1.29 is 13.2 Å². The van der Waals surface area contributed by atoms with Crippen molar-refractivity contribution in [3.05, 3.63) is 53.6 Å². The molecule has 0 aliphatic carbocycles. The second kappa shape index (κ2) is 4.65. The summed E-state index contributed by atoms with van der Waals surface area (Å²) in [6.07, 6.45) is -4.44. The standard InChI is InChI=1S/C14H9F3N2/c15-14(16,17)11-5-4-10(8-18)13(7-11)9-2-1-3-12(19)6-9/h1-7H,19H2. The number of nitrogens with two attached hydrogens (primary N) is 1. The maximum atomic E-state index is 12.7. The number of benzene rings is 2. The third kappa shape index (κ3) is 2.68. The smallest absolute Gasteiger partial charge is 0.399 e. The van der Waals surface area contributed by atoms with Crippen molar-refractivity contribution in [3.63, 3.8) is 0 Å². The molecule has 0 bridgehead atoms. The van der Waals surface area contributed by atoms with Crippen LogP contribution in [-0.2, 0) is 6.18 Å². The lowest BCUT2D eigenvalue weighted by atomic mass is 9.97. The lowest BCUT2D eigenvalue weighted by Crippen LogP contribution is -2.05. The van der Waals surface area contributed by atoms with Crippen molar-refractivity contribution in [1.29, 1.82) is 5.26 Å². The molecule has 5 heteroatoms. The monoisotopic (exact) mass is 262 g/mol. The highest BCUT2D eigenvalue weighted by molar-refractivity contribution is 5.73. The molecule has 0 amide bonds. The summed E-state index contributed by atoms with van der Waals surface area (Å²) in [5.74, 6) is 0. The largest absolute Gasteiger partial charge is 0.416 e. The molecule has 0 aliphatic rings. The Morgan fingerprint density at radius 1 is 1.05 bits per heavy atom. The van der Waals surface area contributed by atoms with Gasteiger partial charge in [-0.25, -0.2) is 0 Å². The minimum atomic E-state index is -4.44. The summed E-state index contributed by atoms with van der Waals surface area (Å²) >= 11 is 0. The summed E-state index contributed by atoms with van der Waals surface area (Å²) in [6, 6.07) is 11.3. The summed E-state index contributed by atoms with van der Waals surface area (Å²) in [7, 11) is 0. The topological polar surface area (TPSA) is 49.8 Å². The van der Waals surface area contributed by atoms with Gasteiger partial charge in [-0.2, -0.15) is 18.4 Å². The van der Waals surface area contributed by atoms with E-state index < -0.39 is 11.7 Å². The van der Waals surface area contributed by atoms with Crippen LogP contribution in [0.5, 0.6) is 0 Å². The molecule has 0 saturated heterocycles. The van der Waals surface area contributed by atoms with Gasteiger partial charge in [-0.3, -0.25) is 0 Å². The molecule has 2 aromatic rings. The lowest BCUT2D eigenvalue weighted by molar-refractivity contribution is -0.137. The van der Waals surface area contributed by atoms with Crippen LogP contribution in [-0.4, -0.2) is 0 Å². The number of rotatable bonds is 1. The van der Waals surface area contributed by atoms with Crippen molar-refractivity contribution in [2.45, 2.75) is 6.18 Å². The van der Waals surface area contributed by atoms with Crippen LogP contribution in [0, 0.1) is 11.3 Å². The Hall–Kier alpha value is -2.48. The summed E-state index contributed by atoms with van der Waals surface area (Å²) in [4.78, 5) is 0. The molecule has 0 radical (unpaired) electrons. The van der Waals surface area contributed by atoms with Gasteiger partial charge in [0.15, 0.2) is 0 Å². The van der Waals surface area contributed by atoms with Crippen molar-refractivity contribution in [2.75, 3.05) is 5.73 Å². The second-order valence-corrected chi connectivity index (χ2v) is 4.00. The molecular formula is C14H9F3N2. The second-order valence-electron chi connectivity index (χ2n) is 4.00. The van der Waals surface area contributed by atoms with Gasteiger partial charge in [-0.1, -0.05) is 12.1 Å². The van der Waals surface area contributed by atoms with Gasteiger partial charge in [-0.05, 0) is 35.9 Å². The van der Waals surface area contributed by atoms with Crippen molar-refractivity contribution in [3.8, 4) is 17.2 Å². The Kier molecular flexibility index (Phi) is 3.17. The Balaban J connectivity index is 2.64. The molecule has 19 heavy (non-hydrogen) atoms. The molecule has 0 heterocycles. The zero-order chi connectivity index (χ0) is 14.0. The minimum absolute atomic E-state index is 0.179. The number of hydrogen-bond donors (Lipinski definition) is 1. The molecule has 0 spiro atoms. The molecule has 2 nitrogen and oxygen atoms in total. The van der Waals surface area contributed by atoms with Crippen molar-refractivity contribution >= 4 is 5.69 Å². The van der Waals surface area contributed by atoms with Gasteiger partial charge in [0.2, 0.25) is 0 Å². The van der Waals surface area contributed by atoms with E-state index in [9.17, 15) is 13.2 Å². The van der Waals surface area contributed by atoms with Gasteiger partial charge in [0.05, 0.1) is 17.2 Å². The SMILES string of the molecule is N#Cc1ccc(C(F)(F)F)cc1-c1cccc(N)c1. The van der Waals surface area contributed by atoms with Gasteiger partial charge < -0.3 is 5.73 Å². The Labute approximate surface area is 107 Å². The van der Waals surface area contributed by atoms with E-state index in [1.165, 1.54) is 12.1 Å². The zero-order valence-electron chi connectivity index (χ0n) is 9.70. The normalized spacial score (nSPS) is 11.1. The fourth-order valence-corrected chi connectivity index (χ4v) is 1.76. The van der Waals surface area contributed by atoms with Crippen molar-refractivity contribution in [1.82, 2.24) is 0 Å². The Morgan fingerprint density at radius 2 is 1.79 bits per heavy atom. The van der Waals surface area contributed by atoms with Crippen LogP contribution in [0.4, 0.5) is 18.9 Å². The van der Waals surface area contributed by atoms with E-state index in [0.717, 1.165) is 12.1 Å². The van der Waals surface area contributed by atoms with Crippen molar-refractivity contribution in [2.24, 2.45) is 0 Å². The predicted molar refractivity (Wildman–Crippen MR) is 66.0 cm³/mol. The summed E-state index contributed by atoms with van der Waals surface area (Å²) in [6.45, 7) is 0. The molecule has 0 unspecified atom stereocenters. The predicted octanol–water partition coefficient (Wildman–Crippen LogP) is 3.83. The minimum Gasteiger partial charge on any atom is -0.399 e. The van der Waals surface area contributed by atoms with Crippen LogP contribution in [0.25, 0.3) is 11.1 Å². The first-order valence-electron chi connectivity index (χ1n) is 5.39. The third-order valence-electron chi connectivity index (χ3n) is 2.66. The van der Waals surface area contributed by atoms with Gasteiger partial charge in [0, 0.05) is 11.3 Å². The number of halogens is 3.